The molecule has 0 spiro atoms. The Morgan fingerprint density at radius 3 is 2.35 bits per heavy atom. The third kappa shape index (κ3) is 11.5. The summed E-state index contributed by atoms with van der Waals surface area (Å²) in [4.78, 5) is 11.3. The van der Waals surface area contributed by atoms with Crippen LogP contribution in [0.2, 0.25) is 0 Å². The van der Waals surface area contributed by atoms with Crippen molar-refractivity contribution in [2.75, 3.05) is 19.8 Å². The Labute approximate surface area is 104 Å². The molecule has 0 aliphatic carbocycles. The van der Waals surface area contributed by atoms with Crippen molar-refractivity contribution in [2.45, 2.75) is 46.3 Å². The van der Waals surface area contributed by atoms with E-state index >= 15 is 0 Å². The molecular weight excluding hydrogens is 220 g/mol. The zero-order chi connectivity index (χ0) is 13.5. The average Bonchev–Trinajstić information content (AvgIpc) is 2.11. The SMILES string of the molecule is CC(C)COCC(N)CNC(=O)OC(C)(C)C. The van der Waals surface area contributed by atoms with Crippen LogP contribution in [0.25, 0.3) is 0 Å². The normalized spacial score (nSPS) is 13.6. The number of alkyl carbamates (subject to hydrolysis) is 1. The lowest BCUT2D eigenvalue weighted by Crippen LogP contribution is -2.42. The van der Waals surface area contributed by atoms with E-state index in [1.165, 1.54) is 0 Å². The quantitative estimate of drug-likeness (QED) is 0.745. The predicted octanol–water partition coefficient (Wildman–Crippen LogP) is 1.51. The van der Waals surface area contributed by atoms with E-state index in [9.17, 15) is 4.79 Å². The van der Waals surface area contributed by atoms with Crippen LogP contribution in [0.15, 0.2) is 0 Å². The van der Waals surface area contributed by atoms with Crippen LogP contribution >= 0.6 is 0 Å². The smallest absolute Gasteiger partial charge is 0.407 e. The molecule has 5 heteroatoms. The molecule has 0 aliphatic rings. The van der Waals surface area contributed by atoms with Crippen molar-refractivity contribution in [3.63, 3.8) is 0 Å². The molecule has 0 radical (unpaired) electrons. The van der Waals surface area contributed by atoms with Gasteiger partial charge < -0.3 is 20.5 Å². The van der Waals surface area contributed by atoms with E-state index in [-0.39, 0.29) is 6.04 Å². The van der Waals surface area contributed by atoms with Crippen molar-refractivity contribution in [3.05, 3.63) is 0 Å². The Bertz CT molecular complexity index is 224. The summed E-state index contributed by atoms with van der Waals surface area (Å²) in [6, 6.07) is -0.207. The van der Waals surface area contributed by atoms with Crippen LogP contribution in [-0.4, -0.2) is 37.5 Å². The molecule has 0 aromatic heterocycles. The van der Waals surface area contributed by atoms with Crippen LogP contribution in [0.5, 0.6) is 0 Å². The first-order valence-electron chi connectivity index (χ1n) is 6.01. The first kappa shape index (κ1) is 16.2. The largest absolute Gasteiger partial charge is 0.444 e. The van der Waals surface area contributed by atoms with E-state index in [2.05, 4.69) is 19.2 Å². The second-order valence-corrected chi connectivity index (χ2v) is 5.57. The molecule has 17 heavy (non-hydrogen) atoms. The van der Waals surface area contributed by atoms with Crippen LogP contribution in [0, 0.1) is 5.92 Å². The Morgan fingerprint density at radius 1 is 1.29 bits per heavy atom. The molecule has 102 valence electrons. The molecule has 0 bridgehead atoms. The van der Waals surface area contributed by atoms with E-state index in [1.807, 2.05) is 20.8 Å². The Kier molecular flexibility index (Phi) is 7.15. The zero-order valence-electron chi connectivity index (χ0n) is 11.6. The molecule has 0 rings (SSSR count). The van der Waals surface area contributed by atoms with Crippen molar-refractivity contribution in [3.8, 4) is 0 Å². The van der Waals surface area contributed by atoms with Crippen LogP contribution < -0.4 is 11.1 Å². The molecule has 0 aromatic rings. The standard InChI is InChI=1S/C12H26N2O3/c1-9(2)7-16-8-10(13)6-14-11(15)17-12(3,4)5/h9-10H,6-8,13H2,1-5H3,(H,14,15). The molecule has 5 nitrogen and oxygen atoms in total. The Morgan fingerprint density at radius 2 is 1.88 bits per heavy atom. The molecule has 1 atom stereocenters. The van der Waals surface area contributed by atoms with E-state index in [1.54, 1.807) is 0 Å². The number of rotatable bonds is 6. The molecule has 3 N–H and O–H groups in total. The highest BCUT2D eigenvalue weighted by Gasteiger charge is 2.16. The second kappa shape index (κ2) is 7.50. The third-order valence-corrected chi connectivity index (χ3v) is 1.69. The first-order chi connectivity index (χ1) is 7.70. The van der Waals surface area contributed by atoms with Crippen molar-refractivity contribution in [2.24, 2.45) is 11.7 Å². The van der Waals surface area contributed by atoms with Gasteiger partial charge in [-0.25, -0.2) is 4.79 Å². The minimum Gasteiger partial charge on any atom is -0.444 e. The van der Waals surface area contributed by atoms with Crippen molar-refractivity contribution in [1.82, 2.24) is 5.32 Å². The number of carbonyl (C=O) groups is 1. The number of nitrogens with one attached hydrogen (secondary N) is 1. The lowest BCUT2D eigenvalue weighted by Gasteiger charge is -2.20. The van der Waals surface area contributed by atoms with Gasteiger partial charge in [0.05, 0.1) is 6.61 Å². The molecule has 0 aromatic carbocycles. The maximum atomic E-state index is 11.3. The highest BCUT2D eigenvalue weighted by atomic mass is 16.6. The van der Waals surface area contributed by atoms with E-state index in [0.29, 0.717) is 25.7 Å². The fourth-order valence-corrected chi connectivity index (χ4v) is 1.04. The van der Waals surface area contributed by atoms with Gasteiger partial charge in [-0.3, -0.25) is 0 Å². The van der Waals surface area contributed by atoms with Gasteiger partial charge in [0.1, 0.15) is 5.60 Å². The van der Waals surface area contributed by atoms with Crippen LogP contribution in [0.4, 0.5) is 4.79 Å². The summed E-state index contributed by atoms with van der Waals surface area (Å²) in [7, 11) is 0. The Balaban J connectivity index is 3.62. The number of carbonyl (C=O) groups excluding carboxylic acids is 1. The summed E-state index contributed by atoms with van der Waals surface area (Å²) in [6.45, 7) is 11.1. The molecule has 0 saturated heterocycles. The van der Waals surface area contributed by atoms with E-state index in [4.69, 9.17) is 15.2 Å². The summed E-state index contributed by atoms with van der Waals surface area (Å²) in [5.41, 5.74) is 5.29. The lowest BCUT2D eigenvalue weighted by atomic mass is 10.2. The monoisotopic (exact) mass is 246 g/mol. The fraction of sp³-hybridized carbons (Fsp3) is 0.917. The van der Waals surface area contributed by atoms with E-state index < -0.39 is 11.7 Å². The molecule has 0 aliphatic heterocycles. The molecule has 0 saturated carbocycles. The number of hydrogen-bond donors (Lipinski definition) is 2. The average molecular weight is 246 g/mol. The fourth-order valence-electron chi connectivity index (χ4n) is 1.04. The number of ether oxygens (including phenoxy) is 2. The van der Waals surface area contributed by atoms with E-state index in [0.717, 1.165) is 0 Å². The van der Waals surface area contributed by atoms with Gasteiger partial charge in [-0.2, -0.15) is 0 Å². The molecule has 0 heterocycles. The maximum Gasteiger partial charge on any atom is 0.407 e. The maximum absolute atomic E-state index is 11.3. The van der Waals surface area contributed by atoms with Crippen LogP contribution in [-0.2, 0) is 9.47 Å². The predicted molar refractivity (Wildman–Crippen MR) is 67.9 cm³/mol. The molecular formula is C12H26N2O3. The number of nitrogens with two attached hydrogens (primary N) is 1. The second-order valence-electron chi connectivity index (χ2n) is 5.57. The summed E-state index contributed by atoms with van der Waals surface area (Å²) in [5.74, 6) is 0.487. The summed E-state index contributed by atoms with van der Waals surface area (Å²) < 4.78 is 10.5. The molecule has 1 amide bonds. The van der Waals surface area contributed by atoms with Gasteiger partial charge in [0, 0.05) is 19.2 Å². The highest BCUT2D eigenvalue weighted by Crippen LogP contribution is 2.06. The molecule has 0 fully saturated rings. The first-order valence-corrected chi connectivity index (χ1v) is 6.01. The molecule has 1 unspecified atom stereocenters. The number of hydrogen-bond acceptors (Lipinski definition) is 4. The van der Waals surface area contributed by atoms with Crippen molar-refractivity contribution in [1.29, 1.82) is 0 Å². The minimum absolute atomic E-state index is 0.207. The lowest BCUT2D eigenvalue weighted by molar-refractivity contribution is 0.0508. The van der Waals surface area contributed by atoms with Gasteiger partial charge in [-0.15, -0.1) is 0 Å². The zero-order valence-corrected chi connectivity index (χ0v) is 11.6. The number of amides is 1. The summed E-state index contributed by atoms with van der Waals surface area (Å²) in [6.07, 6.45) is -0.447. The minimum atomic E-state index is -0.484. The highest BCUT2D eigenvalue weighted by molar-refractivity contribution is 5.67. The third-order valence-electron chi connectivity index (χ3n) is 1.69. The van der Waals surface area contributed by atoms with Gasteiger partial charge >= 0.3 is 6.09 Å². The Hall–Kier alpha value is -0.810. The van der Waals surface area contributed by atoms with Crippen molar-refractivity contribution < 1.29 is 14.3 Å². The van der Waals surface area contributed by atoms with Crippen LogP contribution in [0.3, 0.4) is 0 Å². The van der Waals surface area contributed by atoms with Gasteiger partial charge in [0.25, 0.3) is 0 Å². The topological polar surface area (TPSA) is 73.6 Å². The van der Waals surface area contributed by atoms with Gasteiger partial charge in [0.2, 0.25) is 0 Å². The van der Waals surface area contributed by atoms with Gasteiger partial charge in [0.15, 0.2) is 0 Å². The van der Waals surface area contributed by atoms with Crippen molar-refractivity contribution >= 4 is 6.09 Å². The summed E-state index contributed by atoms with van der Waals surface area (Å²) >= 11 is 0. The van der Waals surface area contributed by atoms with Gasteiger partial charge in [-0.1, -0.05) is 13.8 Å². The summed E-state index contributed by atoms with van der Waals surface area (Å²) in [5, 5.41) is 2.61. The van der Waals surface area contributed by atoms with Crippen LogP contribution in [0.1, 0.15) is 34.6 Å². The van der Waals surface area contributed by atoms with Gasteiger partial charge in [-0.05, 0) is 26.7 Å².